The largest absolute Gasteiger partial charge is 0.541 e. The second kappa shape index (κ2) is 18.1. The van der Waals surface area contributed by atoms with Gasteiger partial charge in [-0.3, -0.25) is 6.29 Å². The summed E-state index contributed by atoms with van der Waals surface area (Å²) in [6.07, 6.45) is 31.9. The molecule has 115 valence electrons. The average Bonchev–Trinajstić information content (AvgIpc) is 3.26. The summed E-state index contributed by atoms with van der Waals surface area (Å²) in [5.74, 6) is 0. The van der Waals surface area contributed by atoms with E-state index >= 15 is 0 Å². The molecule has 0 aliphatic heterocycles. The molecule has 0 unspecified atom stereocenters. The van der Waals surface area contributed by atoms with Crippen molar-refractivity contribution in [3.63, 3.8) is 0 Å². The monoisotopic (exact) mass is 518 g/mol. The van der Waals surface area contributed by atoms with E-state index in [1.807, 2.05) is 123 Å². The fraction of sp³-hybridized carbons (Fsp3) is 0.200. The summed E-state index contributed by atoms with van der Waals surface area (Å²) in [5.41, 5.74) is -0.264. The maximum absolute atomic E-state index is 9.70. The van der Waals surface area contributed by atoms with Crippen LogP contribution in [0, 0.1) is 133 Å². The van der Waals surface area contributed by atoms with Crippen LogP contribution >= 0.6 is 0 Å². The Balaban J connectivity index is 0. The van der Waals surface area contributed by atoms with E-state index in [2.05, 4.69) is 0 Å². The van der Waals surface area contributed by atoms with Crippen molar-refractivity contribution in [2.24, 2.45) is 5.41 Å². The Morgan fingerprint density at radius 3 is 0.636 bits per heavy atom. The molecule has 2 heteroatoms. The number of hydrogen-bond donors (Lipinski definition) is 0. The van der Waals surface area contributed by atoms with Crippen LogP contribution in [0.3, 0.4) is 0 Å². The van der Waals surface area contributed by atoms with E-state index in [4.69, 9.17) is 0 Å². The Morgan fingerprint density at radius 1 is 0.500 bits per heavy atom. The van der Waals surface area contributed by atoms with Crippen molar-refractivity contribution < 1.29 is 35.9 Å². The summed E-state index contributed by atoms with van der Waals surface area (Å²) >= 11 is 0. The molecule has 3 saturated carbocycles. The molecule has 3 aliphatic carbocycles. The molecule has 1 nitrogen and oxygen atoms in total. The molecule has 3 rings (SSSR count). The fourth-order valence-electron chi connectivity index (χ4n) is 0.962. The van der Waals surface area contributed by atoms with Gasteiger partial charge in [-0.05, 0) is 96.3 Å². The molecule has 3 aliphatic rings. The standard InChI is InChI=1S/C5H9O.3C5H5.U/c1-5(2,3)4-6;3*1-2-4-5-3-1;/h1-3H3;3*1-5H;/q-1;;;;. The Hall–Kier alpha value is 0.722. The third-order valence-corrected chi connectivity index (χ3v) is 1.97. The summed E-state index contributed by atoms with van der Waals surface area (Å²) in [7, 11) is 0. The van der Waals surface area contributed by atoms with Gasteiger partial charge < -0.3 is 4.79 Å². The molecule has 3 fully saturated rings. The average molecular weight is 518 g/mol. The minimum Gasteiger partial charge on any atom is -0.541 e. The first-order valence-electron chi connectivity index (χ1n) is 6.95. The van der Waals surface area contributed by atoms with E-state index in [0.717, 1.165) is 0 Å². The SMILES string of the molecule is CC(C)(C)[C-]=O.[CH]1[CH][CH][CH][CH]1.[CH]1[CH][CH][CH][CH]1.[CH]1[CH][CH][CH][CH]1.[U]. The van der Waals surface area contributed by atoms with Gasteiger partial charge >= 0.3 is 0 Å². The summed E-state index contributed by atoms with van der Waals surface area (Å²) in [4.78, 5) is 9.70. The molecular formula is C20H24OU-. The summed E-state index contributed by atoms with van der Waals surface area (Å²) < 4.78 is 0. The van der Waals surface area contributed by atoms with Crippen molar-refractivity contribution in [1.82, 2.24) is 0 Å². The van der Waals surface area contributed by atoms with Gasteiger partial charge in [-0.2, -0.15) is 0 Å². The fourth-order valence-corrected chi connectivity index (χ4v) is 0.962. The molecule has 0 saturated heterocycles. The molecule has 0 N–H and O–H groups in total. The maximum Gasteiger partial charge on any atom is 0 e. The van der Waals surface area contributed by atoms with Crippen LogP contribution in [0.4, 0.5) is 0 Å². The Kier molecular flexibility index (Phi) is 20.5. The van der Waals surface area contributed by atoms with Crippen molar-refractivity contribution in [3.8, 4) is 0 Å². The molecule has 0 amide bonds. The Bertz CT molecular complexity index is 162. The smallest absolute Gasteiger partial charge is 0 e. The molecule has 0 atom stereocenters. The predicted molar refractivity (Wildman–Crippen MR) is 89.6 cm³/mol. The van der Waals surface area contributed by atoms with Crippen LogP contribution in [0.25, 0.3) is 0 Å². The van der Waals surface area contributed by atoms with Gasteiger partial charge in [0.2, 0.25) is 0 Å². The molecular weight excluding hydrogens is 494 g/mol. The maximum atomic E-state index is 9.70. The van der Waals surface area contributed by atoms with Crippen LogP contribution in [0.2, 0.25) is 0 Å². The van der Waals surface area contributed by atoms with E-state index in [0.29, 0.717) is 0 Å². The third-order valence-electron chi connectivity index (χ3n) is 1.97. The molecule has 0 aromatic heterocycles. The Labute approximate surface area is 164 Å². The number of carbonyl (C=O) groups excluding carboxylic acids is 1. The zero-order chi connectivity index (χ0) is 15.8. The van der Waals surface area contributed by atoms with Crippen LogP contribution < -0.4 is 0 Å². The minimum atomic E-state index is -0.264. The van der Waals surface area contributed by atoms with E-state index in [1.165, 1.54) is 0 Å². The second-order valence-corrected chi connectivity index (χ2v) is 5.24. The summed E-state index contributed by atoms with van der Waals surface area (Å²) in [6, 6.07) is 0. The molecule has 0 heterocycles. The summed E-state index contributed by atoms with van der Waals surface area (Å²) in [5, 5.41) is 0. The first kappa shape index (κ1) is 25.0. The van der Waals surface area contributed by atoms with Gasteiger partial charge in [0.15, 0.2) is 0 Å². The molecule has 15 radical (unpaired) electrons. The van der Waals surface area contributed by atoms with Crippen LogP contribution in [0.15, 0.2) is 0 Å². The zero-order valence-corrected chi connectivity index (χ0v) is 17.7. The minimum absolute atomic E-state index is 0. The number of hydrogen-bond acceptors (Lipinski definition) is 1. The molecule has 0 bridgehead atoms. The van der Waals surface area contributed by atoms with Crippen molar-refractivity contribution in [3.05, 3.63) is 96.3 Å². The van der Waals surface area contributed by atoms with Crippen molar-refractivity contribution in [1.29, 1.82) is 0 Å². The van der Waals surface area contributed by atoms with Crippen LogP contribution in [-0.2, 0) is 4.79 Å². The van der Waals surface area contributed by atoms with Crippen LogP contribution in [0.5, 0.6) is 0 Å². The third kappa shape index (κ3) is 23.0. The van der Waals surface area contributed by atoms with E-state index in [9.17, 15) is 4.79 Å². The van der Waals surface area contributed by atoms with Crippen molar-refractivity contribution in [2.45, 2.75) is 20.8 Å². The van der Waals surface area contributed by atoms with Crippen molar-refractivity contribution in [2.75, 3.05) is 0 Å². The first-order chi connectivity index (χ1) is 10.1. The molecule has 0 aromatic carbocycles. The quantitative estimate of drug-likeness (QED) is 0.440. The van der Waals surface area contributed by atoms with E-state index in [1.54, 1.807) is 0 Å². The number of rotatable bonds is 0. The van der Waals surface area contributed by atoms with E-state index in [-0.39, 0.29) is 36.5 Å². The van der Waals surface area contributed by atoms with Gasteiger partial charge in [0.25, 0.3) is 0 Å². The van der Waals surface area contributed by atoms with E-state index < -0.39 is 0 Å². The van der Waals surface area contributed by atoms with Gasteiger partial charge in [0, 0.05) is 31.1 Å². The van der Waals surface area contributed by atoms with Gasteiger partial charge in [-0.1, -0.05) is 20.8 Å². The van der Waals surface area contributed by atoms with Crippen LogP contribution in [0.1, 0.15) is 20.8 Å². The van der Waals surface area contributed by atoms with Gasteiger partial charge in [0.05, 0.1) is 0 Å². The molecule has 0 aromatic rings. The zero-order valence-electron chi connectivity index (χ0n) is 13.6. The topological polar surface area (TPSA) is 17.1 Å². The normalized spacial score (nSPS) is 19.4. The van der Waals surface area contributed by atoms with Gasteiger partial charge in [0.1, 0.15) is 0 Å². The summed E-state index contributed by atoms with van der Waals surface area (Å²) in [6.45, 7) is 5.46. The second-order valence-electron chi connectivity index (χ2n) is 5.24. The molecule has 0 spiro atoms. The predicted octanol–water partition coefficient (Wildman–Crippen LogP) is 4.21. The van der Waals surface area contributed by atoms with Crippen molar-refractivity contribution >= 4 is 6.29 Å². The Morgan fingerprint density at radius 2 is 0.591 bits per heavy atom. The van der Waals surface area contributed by atoms with Crippen LogP contribution in [-0.4, -0.2) is 6.29 Å². The van der Waals surface area contributed by atoms with Gasteiger partial charge in [-0.25, -0.2) is 0 Å². The molecule has 22 heavy (non-hydrogen) atoms. The first-order valence-corrected chi connectivity index (χ1v) is 6.95. The van der Waals surface area contributed by atoms with Gasteiger partial charge in [-0.15, -0.1) is 5.41 Å².